The second-order valence-corrected chi connectivity index (χ2v) is 4.34. The summed E-state index contributed by atoms with van der Waals surface area (Å²) < 4.78 is 0. The van der Waals surface area contributed by atoms with Gasteiger partial charge in [-0.05, 0) is 23.8 Å². The molecule has 1 aromatic heterocycles. The molecule has 8 nitrogen and oxygen atoms in total. The van der Waals surface area contributed by atoms with Gasteiger partial charge in [0.1, 0.15) is 23.9 Å². The van der Waals surface area contributed by atoms with E-state index < -0.39 is 0 Å². The molecule has 0 unspecified atom stereocenters. The maximum Gasteiger partial charge on any atom is 0.204 e. The van der Waals surface area contributed by atoms with Crippen LogP contribution < -0.4 is 5.32 Å². The zero-order valence-corrected chi connectivity index (χ0v) is 11.9. The van der Waals surface area contributed by atoms with Gasteiger partial charge in [-0.15, -0.1) is 10.2 Å². The highest BCUT2D eigenvalue weighted by Gasteiger charge is 2.11. The summed E-state index contributed by atoms with van der Waals surface area (Å²) in [5.41, 5.74) is 1.76. The molecule has 0 saturated heterocycles. The Balaban J connectivity index is 2.45. The van der Waals surface area contributed by atoms with Gasteiger partial charge in [0.15, 0.2) is 5.57 Å². The second-order valence-electron chi connectivity index (χ2n) is 4.34. The fourth-order valence-corrected chi connectivity index (χ4v) is 1.71. The summed E-state index contributed by atoms with van der Waals surface area (Å²) in [6, 6.07) is 10.6. The molecule has 0 saturated carbocycles. The lowest BCUT2D eigenvalue weighted by molar-refractivity contribution is 0.630. The van der Waals surface area contributed by atoms with Gasteiger partial charge in [-0.2, -0.15) is 20.6 Å². The van der Waals surface area contributed by atoms with Crippen LogP contribution in [0.2, 0.25) is 0 Å². The molecule has 0 atom stereocenters. The van der Waals surface area contributed by atoms with Crippen molar-refractivity contribution in [2.45, 2.75) is 6.92 Å². The third kappa shape index (κ3) is 2.90. The average molecular weight is 290 g/mol. The quantitative estimate of drug-likeness (QED) is 0.846. The molecule has 0 amide bonds. The van der Waals surface area contributed by atoms with Crippen LogP contribution in [0, 0.1) is 40.9 Å². The average Bonchev–Trinajstić information content (AvgIpc) is 2.95. The van der Waals surface area contributed by atoms with Crippen LogP contribution in [0.1, 0.15) is 5.56 Å². The van der Waals surface area contributed by atoms with E-state index >= 15 is 0 Å². The largest absolute Gasteiger partial charge is 0.345 e. The summed E-state index contributed by atoms with van der Waals surface area (Å²) in [5.74, 6) is 0.439. The summed E-state index contributed by atoms with van der Waals surface area (Å²) in [5, 5.41) is 41.4. The predicted octanol–water partition coefficient (Wildman–Crippen LogP) is 1.42. The first-order chi connectivity index (χ1) is 10.6. The number of hydrogen-bond donors (Lipinski definition) is 1. The van der Waals surface area contributed by atoms with Gasteiger partial charge in [0.05, 0.1) is 7.05 Å². The Hall–Kier alpha value is -3.70. The van der Waals surface area contributed by atoms with Gasteiger partial charge in [-0.25, -0.2) is 0 Å². The molecule has 1 heterocycles. The SMILES string of the molecule is Cc1ccc(-c2nnn(C)n2)cc1NC(C#N)=C(C#N)C#N. The van der Waals surface area contributed by atoms with Crippen molar-refractivity contribution in [3.05, 3.63) is 35.0 Å². The van der Waals surface area contributed by atoms with E-state index in [0.29, 0.717) is 17.1 Å². The Morgan fingerprint density at radius 3 is 2.45 bits per heavy atom. The summed E-state index contributed by atoms with van der Waals surface area (Å²) in [6.45, 7) is 1.84. The molecule has 22 heavy (non-hydrogen) atoms. The number of anilines is 1. The van der Waals surface area contributed by atoms with E-state index in [1.807, 2.05) is 25.1 Å². The lowest BCUT2D eigenvalue weighted by Crippen LogP contribution is -2.02. The van der Waals surface area contributed by atoms with Crippen LogP contribution in [0.25, 0.3) is 11.4 Å². The molecular weight excluding hydrogens is 280 g/mol. The summed E-state index contributed by atoms with van der Waals surface area (Å²) >= 11 is 0. The number of rotatable bonds is 3. The Labute approximate surface area is 126 Å². The number of nitrogens with zero attached hydrogens (tertiary/aromatic N) is 7. The van der Waals surface area contributed by atoms with Crippen LogP contribution in [-0.4, -0.2) is 20.2 Å². The minimum atomic E-state index is -0.273. The van der Waals surface area contributed by atoms with Gasteiger partial charge in [-0.1, -0.05) is 12.1 Å². The first-order valence-corrected chi connectivity index (χ1v) is 6.15. The summed E-state index contributed by atoms with van der Waals surface area (Å²) in [7, 11) is 1.66. The minimum absolute atomic E-state index is 0.0997. The van der Waals surface area contributed by atoms with E-state index in [1.165, 1.54) is 4.80 Å². The van der Waals surface area contributed by atoms with Gasteiger partial charge in [-0.3, -0.25) is 0 Å². The number of nitrogens with one attached hydrogen (secondary N) is 1. The molecule has 2 aromatic rings. The van der Waals surface area contributed by atoms with Crippen LogP contribution >= 0.6 is 0 Å². The smallest absolute Gasteiger partial charge is 0.204 e. The van der Waals surface area contributed by atoms with Crippen molar-refractivity contribution in [3.63, 3.8) is 0 Å². The number of tetrazole rings is 1. The highest BCUT2D eigenvalue weighted by molar-refractivity contribution is 5.68. The Kier molecular flexibility index (Phi) is 4.12. The Bertz CT molecular complexity index is 853. The third-order valence-electron chi connectivity index (χ3n) is 2.85. The van der Waals surface area contributed by atoms with E-state index in [2.05, 4.69) is 20.7 Å². The van der Waals surface area contributed by atoms with Crippen molar-refractivity contribution in [1.29, 1.82) is 15.8 Å². The maximum absolute atomic E-state index is 9.09. The first kappa shape index (κ1) is 14.7. The van der Waals surface area contributed by atoms with E-state index in [1.54, 1.807) is 25.3 Å². The molecular formula is C14H10N8. The van der Waals surface area contributed by atoms with Crippen LogP contribution in [0.15, 0.2) is 29.5 Å². The molecule has 8 heteroatoms. The van der Waals surface area contributed by atoms with Crippen LogP contribution in [0.3, 0.4) is 0 Å². The van der Waals surface area contributed by atoms with E-state index in [4.69, 9.17) is 15.8 Å². The minimum Gasteiger partial charge on any atom is -0.345 e. The number of allylic oxidation sites excluding steroid dienone is 2. The van der Waals surface area contributed by atoms with Crippen molar-refractivity contribution in [3.8, 4) is 29.6 Å². The van der Waals surface area contributed by atoms with Crippen LogP contribution in [-0.2, 0) is 7.05 Å². The molecule has 106 valence electrons. The summed E-state index contributed by atoms with van der Waals surface area (Å²) in [6.07, 6.45) is 0. The lowest BCUT2D eigenvalue weighted by atomic mass is 10.1. The Morgan fingerprint density at radius 2 is 1.91 bits per heavy atom. The molecule has 0 spiro atoms. The molecule has 1 N–H and O–H groups in total. The van der Waals surface area contributed by atoms with Crippen molar-refractivity contribution in [2.24, 2.45) is 7.05 Å². The van der Waals surface area contributed by atoms with Gasteiger partial charge in [0.25, 0.3) is 0 Å². The maximum atomic E-state index is 9.09. The van der Waals surface area contributed by atoms with E-state index in [9.17, 15) is 0 Å². The van der Waals surface area contributed by atoms with Gasteiger partial charge < -0.3 is 5.32 Å². The predicted molar refractivity (Wildman–Crippen MR) is 76.5 cm³/mol. The number of hydrogen-bond acceptors (Lipinski definition) is 7. The molecule has 0 fully saturated rings. The number of aromatic nitrogens is 4. The van der Waals surface area contributed by atoms with Crippen LogP contribution in [0.5, 0.6) is 0 Å². The summed E-state index contributed by atoms with van der Waals surface area (Å²) in [4.78, 5) is 1.34. The standard InChI is InChI=1S/C14H10N8/c1-9-3-4-10(14-19-21-22(2)20-14)5-12(9)18-13(8-17)11(6-15)7-16/h3-5,18H,1-2H3. The van der Waals surface area contributed by atoms with Crippen molar-refractivity contribution < 1.29 is 0 Å². The number of benzene rings is 1. The molecule has 0 bridgehead atoms. The fourth-order valence-electron chi connectivity index (χ4n) is 1.71. The van der Waals surface area contributed by atoms with Crippen molar-refractivity contribution >= 4 is 5.69 Å². The highest BCUT2D eigenvalue weighted by Crippen LogP contribution is 2.24. The monoisotopic (exact) mass is 290 g/mol. The molecule has 0 aliphatic heterocycles. The molecule has 0 aliphatic carbocycles. The zero-order valence-electron chi connectivity index (χ0n) is 11.9. The second kappa shape index (κ2) is 6.17. The van der Waals surface area contributed by atoms with Crippen LogP contribution in [0.4, 0.5) is 5.69 Å². The number of aryl methyl sites for hydroxylation is 2. The van der Waals surface area contributed by atoms with Gasteiger partial charge in [0.2, 0.25) is 5.82 Å². The van der Waals surface area contributed by atoms with Crippen molar-refractivity contribution in [1.82, 2.24) is 20.2 Å². The van der Waals surface area contributed by atoms with Gasteiger partial charge >= 0.3 is 0 Å². The highest BCUT2D eigenvalue weighted by atomic mass is 15.6. The third-order valence-corrected chi connectivity index (χ3v) is 2.85. The molecule has 0 aliphatic rings. The zero-order chi connectivity index (χ0) is 16.1. The van der Waals surface area contributed by atoms with Crippen molar-refractivity contribution in [2.75, 3.05) is 5.32 Å². The lowest BCUT2D eigenvalue weighted by Gasteiger charge is -2.09. The normalized spacial score (nSPS) is 9.23. The number of nitriles is 3. The Morgan fingerprint density at radius 1 is 1.18 bits per heavy atom. The van der Waals surface area contributed by atoms with Gasteiger partial charge in [0, 0.05) is 11.3 Å². The molecule has 2 rings (SSSR count). The first-order valence-electron chi connectivity index (χ1n) is 6.15. The topological polar surface area (TPSA) is 127 Å². The molecule has 1 aromatic carbocycles. The molecule has 0 radical (unpaired) electrons. The van der Waals surface area contributed by atoms with E-state index in [0.717, 1.165) is 5.56 Å². The fraction of sp³-hybridized carbons (Fsp3) is 0.143. The van der Waals surface area contributed by atoms with E-state index in [-0.39, 0.29) is 11.3 Å².